The molecule has 6 nitrogen and oxygen atoms in total. The summed E-state index contributed by atoms with van der Waals surface area (Å²) in [6, 6.07) is 17.1. The summed E-state index contributed by atoms with van der Waals surface area (Å²) in [6.45, 7) is 6.33. The normalized spacial score (nSPS) is 20.6. The van der Waals surface area contributed by atoms with Crippen LogP contribution in [0.25, 0.3) is 11.3 Å². The van der Waals surface area contributed by atoms with Crippen molar-refractivity contribution in [1.82, 2.24) is 15.4 Å². The van der Waals surface area contributed by atoms with Crippen LogP contribution < -0.4 is 5.32 Å². The summed E-state index contributed by atoms with van der Waals surface area (Å²) in [6.07, 6.45) is 2.22. The molecule has 1 aliphatic heterocycles. The van der Waals surface area contributed by atoms with Gasteiger partial charge in [-0.15, -0.1) is 0 Å². The van der Waals surface area contributed by atoms with E-state index in [9.17, 15) is 9.59 Å². The molecule has 0 spiro atoms. The highest BCUT2D eigenvalue weighted by atomic mass is 16.5. The predicted octanol–water partition coefficient (Wildman–Crippen LogP) is 4.31. The average molecular weight is 458 g/mol. The molecule has 2 heterocycles. The Morgan fingerprint density at radius 3 is 2.32 bits per heavy atom. The highest BCUT2D eigenvalue weighted by Gasteiger charge is 2.45. The van der Waals surface area contributed by atoms with Crippen LogP contribution in [0.15, 0.2) is 59.1 Å². The van der Waals surface area contributed by atoms with E-state index in [2.05, 4.69) is 36.5 Å². The molecule has 2 amide bonds. The predicted molar refractivity (Wildman–Crippen MR) is 130 cm³/mol. The quantitative estimate of drug-likeness (QED) is 0.599. The molecule has 1 aromatic heterocycles. The second-order valence-electron chi connectivity index (χ2n) is 9.97. The summed E-state index contributed by atoms with van der Waals surface area (Å²) >= 11 is 0. The number of fused-ring (bicyclic) bond motifs is 1. The van der Waals surface area contributed by atoms with Gasteiger partial charge in [0.1, 0.15) is 23.5 Å². The zero-order chi connectivity index (χ0) is 23.8. The molecule has 2 aliphatic rings. The fraction of sp³-hybridized carbons (Fsp3) is 0.393. The van der Waals surface area contributed by atoms with Crippen molar-refractivity contribution in [3.8, 4) is 11.3 Å². The lowest BCUT2D eigenvalue weighted by Crippen LogP contribution is -2.65. The van der Waals surface area contributed by atoms with E-state index in [1.807, 2.05) is 49.4 Å². The molecule has 2 aromatic carbocycles. The number of benzene rings is 2. The van der Waals surface area contributed by atoms with Crippen LogP contribution in [-0.2, 0) is 29.0 Å². The minimum Gasteiger partial charge on any atom is -0.361 e. The Kier molecular flexibility index (Phi) is 5.98. The summed E-state index contributed by atoms with van der Waals surface area (Å²) in [5, 5.41) is 7.39. The molecule has 0 bridgehead atoms. The molecular weight excluding hydrogens is 426 g/mol. The molecular formula is C28H31N3O3. The van der Waals surface area contributed by atoms with E-state index in [0.717, 1.165) is 29.7 Å². The number of nitrogens with zero attached hydrogens (tertiary/aromatic N) is 2. The van der Waals surface area contributed by atoms with E-state index in [1.165, 1.54) is 11.1 Å². The van der Waals surface area contributed by atoms with Gasteiger partial charge in [0.05, 0.1) is 6.54 Å². The van der Waals surface area contributed by atoms with Crippen molar-refractivity contribution >= 4 is 11.8 Å². The molecule has 0 unspecified atom stereocenters. The number of hydrogen-bond donors (Lipinski definition) is 1. The number of nitrogens with one attached hydrogen (secondary N) is 1. The Morgan fingerprint density at radius 1 is 1.03 bits per heavy atom. The maximum Gasteiger partial charge on any atom is 0.246 e. The minimum atomic E-state index is -0.524. The monoisotopic (exact) mass is 457 g/mol. The number of amides is 2. The first-order valence-electron chi connectivity index (χ1n) is 12.1. The number of aromatic nitrogens is 1. The fourth-order valence-electron chi connectivity index (χ4n) is 5.37. The first-order valence-corrected chi connectivity index (χ1v) is 12.1. The van der Waals surface area contributed by atoms with Gasteiger partial charge in [-0.05, 0) is 49.1 Å². The Hall–Kier alpha value is -3.41. The smallest absolute Gasteiger partial charge is 0.246 e. The zero-order valence-corrected chi connectivity index (χ0v) is 20.0. The molecule has 1 aliphatic carbocycles. The van der Waals surface area contributed by atoms with E-state index in [-0.39, 0.29) is 23.7 Å². The Labute approximate surface area is 200 Å². The molecule has 34 heavy (non-hydrogen) atoms. The second-order valence-corrected chi connectivity index (χ2v) is 9.97. The molecule has 3 aromatic rings. The highest BCUT2D eigenvalue weighted by molar-refractivity contribution is 5.97. The van der Waals surface area contributed by atoms with Crippen LogP contribution in [0.3, 0.4) is 0 Å². The van der Waals surface area contributed by atoms with Crippen LogP contribution >= 0.6 is 0 Å². The highest BCUT2D eigenvalue weighted by Crippen LogP contribution is 2.33. The van der Waals surface area contributed by atoms with Crippen molar-refractivity contribution in [3.63, 3.8) is 0 Å². The molecule has 176 valence electrons. The molecule has 5 rings (SSSR count). The van der Waals surface area contributed by atoms with Gasteiger partial charge in [-0.25, -0.2) is 0 Å². The van der Waals surface area contributed by atoms with Crippen LogP contribution in [-0.4, -0.2) is 34.0 Å². The number of hydrogen-bond acceptors (Lipinski definition) is 4. The number of piperazine rings is 1. The summed E-state index contributed by atoms with van der Waals surface area (Å²) in [5.74, 6) is 0.932. The van der Waals surface area contributed by atoms with Gasteiger partial charge in [0, 0.05) is 11.1 Å². The van der Waals surface area contributed by atoms with Crippen molar-refractivity contribution in [1.29, 1.82) is 0 Å². The van der Waals surface area contributed by atoms with Crippen LogP contribution in [0.4, 0.5) is 0 Å². The topological polar surface area (TPSA) is 75.4 Å². The molecule has 1 saturated heterocycles. The third-order valence-electron chi connectivity index (χ3n) is 7.13. The SMILES string of the molecule is Cc1onc(-c2ccccc2)c1CN1C(=O)[C@@H](C2Cc3ccccc3C2)NC(=O)[C@H]1CC(C)C. The lowest BCUT2D eigenvalue weighted by molar-refractivity contribution is -0.152. The van der Waals surface area contributed by atoms with Crippen LogP contribution in [0.1, 0.15) is 42.7 Å². The summed E-state index contributed by atoms with van der Waals surface area (Å²) in [4.78, 5) is 29.1. The van der Waals surface area contributed by atoms with E-state index in [1.54, 1.807) is 4.90 Å². The van der Waals surface area contributed by atoms with Gasteiger partial charge in [0.15, 0.2) is 0 Å². The van der Waals surface area contributed by atoms with Crippen molar-refractivity contribution < 1.29 is 14.1 Å². The van der Waals surface area contributed by atoms with E-state index in [0.29, 0.717) is 18.7 Å². The number of rotatable bonds is 6. The minimum absolute atomic E-state index is 0.0114. The van der Waals surface area contributed by atoms with Gasteiger partial charge in [-0.1, -0.05) is 73.6 Å². The third kappa shape index (κ3) is 4.13. The van der Waals surface area contributed by atoms with E-state index < -0.39 is 12.1 Å². The standard InChI is InChI=1S/C28H31N3O3/c1-17(2)13-24-27(32)29-26(22-14-20-11-7-8-12-21(20)15-22)28(33)31(24)16-23-18(3)34-30-25(23)19-9-5-4-6-10-19/h4-12,17,22,24,26H,13-16H2,1-3H3,(H,29,32)/t24-,26-/m1/s1. The summed E-state index contributed by atoms with van der Waals surface area (Å²) in [7, 11) is 0. The molecule has 6 heteroatoms. The van der Waals surface area contributed by atoms with Crippen LogP contribution in [0.5, 0.6) is 0 Å². The van der Waals surface area contributed by atoms with Gasteiger partial charge in [0.25, 0.3) is 0 Å². The maximum absolute atomic E-state index is 13.9. The van der Waals surface area contributed by atoms with Crippen molar-refractivity contribution in [2.45, 2.75) is 58.7 Å². The second kappa shape index (κ2) is 9.09. The van der Waals surface area contributed by atoms with Gasteiger partial charge in [-0.3, -0.25) is 9.59 Å². The van der Waals surface area contributed by atoms with Crippen LogP contribution in [0, 0.1) is 18.8 Å². The van der Waals surface area contributed by atoms with Gasteiger partial charge < -0.3 is 14.7 Å². The number of carbonyl (C=O) groups excluding carboxylic acids is 2. The third-order valence-corrected chi connectivity index (χ3v) is 7.13. The summed E-state index contributed by atoms with van der Waals surface area (Å²) < 4.78 is 5.55. The number of carbonyl (C=O) groups is 2. The largest absolute Gasteiger partial charge is 0.361 e. The van der Waals surface area contributed by atoms with E-state index in [4.69, 9.17) is 4.52 Å². The lowest BCUT2D eigenvalue weighted by Gasteiger charge is -2.41. The fourth-order valence-corrected chi connectivity index (χ4v) is 5.37. The number of aryl methyl sites for hydroxylation is 1. The molecule has 1 fully saturated rings. The maximum atomic E-state index is 13.9. The Morgan fingerprint density at radius 2 is 1.68 bits per heavy atom. The Balaban J connectivity index is 1.47. The Bertz CT molecular complexity index is 1180. The molecule has 0 saturated carbocycles. The van der Waals surface area contributed by atoms with Gasteiger partial charge in [-0.2, -0.15) is 0 Å². The van der Waals surface area contributed by atoms with Gasteiger partial charge in [0.2, 0.25) is 11.8 Å². The first kappa shape index (κ1) is 22.4. The van der Waals surface area contributed by atoms with E-state index >= 15 is 0 Å². The zero-order valence-electron chi connectivity index (χ0n) is 20.0. The van der Waals surface area contributed by atoms with Crippen molar-refractivity contribution in [2.24, 2.45) is 11.8 Å². The summed E-state index contributed by atoms with van der Waals surface area (Å²) in [5.41, 5.74) is 5.06. The molecule has 1 N–H and O–H groups in total. The van der Waals surface area contributed by atoms with Crippen molar-refractivity contribution in [2.75, 3.05) is 0 Å². The van der Waals surface area contributed by atoms with Gasteiger partial charge >= 0.3 is 0 Å². The molecule has 2 atom stereocenters. The van der Waals surface area contributed by atoms with Crippen molar-refractivity contribution in [3.05, 3.63) is 77.0 Å². The molecule has 0 radical (unpaired) electrons. The van der Waals surface area contributed by atoms with Crippen LogP contribution in [0.2, 0.25) is 0 Å². The lowest BCUT2D eigenvalue weighted by atomic mass is 9.89. The average Bonchev–Trinajstić information content (AvgIpc) is 3.42. The first-order chi connectivity index (χ1) is 16.4.